The molecule has 0 bridgehead atoms. The zero-order chi connectivity index (χ0) is 21.5. The van der Waals surface area contributed by atoms with Gasteiger partial charge in [-0.25, -0.2) is 4.79 Å². The van der Waals surface area contributed by atoms with Crippen LogP contribution >= 0.6 is 0 Å². The van der Waals surface area contributed by atoms with Crippen molar-refractivity contribution in [3.8, 4) is 0 Å². The van der Waals surface area contributed by atoms with Crippen LogP contribution in [-0.4, -0.2) is 32.7 Å². The number of nitrogens with zero attached hydrogens (tertiary/aromatic N) is 2. The van der Waals surface area contributed by atoms with Gasteiger partial charge in [-0.1, -0.05) is 50.7 Å². The molecule has 1 atom stereocenters. The average molecular weight is 416 g/mol. The molecule has 30 heavy (non-hydrogen) atoms. The molecular formula is C23H33N3O4. The first-order chi connectivity index (χ1) is 14.5. The largest absolute Gasteiger partial charge is 0.396 e. The lowest BCUT2D eigenvalue weighted by molar-refractivity contribution is -0.135. The Bertz CT molecular complexity index is 944. The molecule has 7 nitrogen and oxygen atoms in total. The van der Waals surface area contributed by atoms with E-state index >= 15 is 0 Å². The van der Waals surface area contributed by atoms with Crippen molar-refractivity contribution in [1.82, 2.24) is 14.5 Å². The quantitative estimate of drug-likeness (QED) is 0.436. The van der Waals surface area contributed by atoms with Crippen LogP contribution in [0.4, 0.5) is 0 Å². The lowest BCUT2D eigenvalue weighted by atomic mass is 10.0. The zero-order valence-electron chi connectivity index (χ0n) is 17.9. The SMILES string of the molecule is Cn1c(=O)n(C2CCC(=O)NC2=O)c2cccc(CCCCCCCCCCO)c21. The minimum absolute atomic E-state index is 0.213. The standard InChI is InChI=1S/C23H33N3O4/c1-25-21-17(11-8-6-4-2-3-5-7-9-16-27)12-10-13-18(21)26(23(25)30)19-14-15-20(28)24-22(19)29/h10,12-13,19,27H,2-9,11,14-16H2,1H3,(H,24,28,29). The summed E-state index contributed by atoms with van der Waals surface area (Å²) in [7, 11) is 1.75. The summed E-state index contributed by atoms with van der Waals surface area (Å²) in [6.45, 7) is 0.291. The van der Waals surface area contributed by atoms with E-state index in [2.05, 4.69) is 11.4 Å². The van der Waals surface area contributed by atoms with Crippen LogP contribution < -0.4 is 11.0 Å². The minimum Gasteiger partial charge on any atom is -0.396 e. The highest BCUT2D eigenvalue weighted by atomic mass is 16.3. The van der Waals surface area contributed by atoms with Gasteiger partial charge in [-0.2, -0.15) is 0 Å². The van der Waals surface area contributed by atoms with Crippen LogP contribution in [0.2, 0.25) is 0 Å². The molecule has 1 aliphatic heterocycles. The fourth-order valence-electron chi connectivity index (χ4n) is 4.44. The Balaban J connectivity index is 1.65. The van der Waals surface area contributed by atoms with E-state index in [1.165, 1.54) is 25.7 Å². The van der Waals surface area contributed by atoms with E-state index in [9.17, 15) is 14.4 Å². The molecule has 3 rings (SSSR count). The van der Waals surface area contributed by atoms with Crippen molar-refractivity contribution in [2.45, 2.75) is 76.7 Å². The molecule has 1 aliphatic rings. The van der Waals surface area contributed by atoms with E-state index in [4.69, 9.17) is 5.11 Å². The first-order valence-electron chi connectivity index (χ1n) is 11.2. The summed E-state index contributed by atoms with van der Waals surface area (Å²) in [4.78, 5) is 36.8. The third kappa shape index (κ3) is 5.01. The molecule has 1 unspecified atom stereocenters. The number of benzene rings is 1. The van der Waals surface area contributed by atoms with Crippen LogP contribution in [0.15, 0.2) is 23.0 Å². The zero-order valence-corrected chi connectivity index (χ0v) is 17.9. The summed E-state index contributed by atoms with van der Waals surface area (Å²) in [6, 6.07) is 5.25. The summed E-state index contributed by atoms with van der Waals surface area (Å²) in [5, 5.41) is 11.2. The molecule has 1 saturated heterocycles. The number of aryl methyl sites for hydroxylation is 2. The van der Waals surface area contributed by atoms with Gasteiger partial charge >= 0.3 is 5.69 Å². The second kappa shape index (κ2) is 10.6. The molecule has 164 valence electrons. The van der Waals surface area contributed by atoms with Gasteiger partial charge in [0.15, 0.2) is 0 Å². The Morgan fingerprint density at radius 1 is 1.00 bits per heavy atom. The van der Waals surface area contributed by atoms with Crippen LogP contribution in [0.3, 0.4) is 0 Å². The summed E-state index contributed by atoms with van der Waals surface area (Å²) < 4.78 is 3.18. The third-order valence-electron chi connectivity index (χ3n) is 6.06. The molecule has 1 aromatic heterocycles. The maximum absolute atomic E-state index is 12.9. The normalized spacial score (nSPS) is 16.9. The molecule has 0 saturated carbocycles. The lowest BCUT2D eigenvalue weighted by Gasteiger charge is -2.21. The van der Waals surface area contributed by atoms with Crippen molar-refractivity contribution in [3.63, 3.8) is 0 Å². The highest BCUT2D eigenvalue weighted by Crippen LogP contribution is 2.26. The van der Waals surface area contributed by atoms with E-state index in [1.807, 2.05) is 12.1 Å². The van der Waals surface area contributed by atoms with Gasteiger partial charge in [-0.3, -0.25) is 24.0 Å². The van der Waals surface area contributed by atoms with Crippen molar-refractivity contribution in [2.75, 3.05) is 6.61 Å². The number of aliphatic hydroxyl groups excluding tert-OH is 1. The molecule has 0 radical (unpaired) electrons. The van der Waals surface area contributed by atoms with E-state index < -0.39 is 11.9 Å². The smallest absolute Gasteiger partial charge is 0.329 e. The molecule has 7 heteroatoms. The predicted molar refractivity (Wildman–Crippen MR) is 116 cm³/mol. The Labute approximate surface area is 177 Å². The van der Waals surface area contributed by atoms with Crippen molar-refractivity contribution >= 4 is 22.8 Å². The second-order valence-electron chi connectivity index (χ2n) is 8.27. The summed E-state index contributed by atoms with van der Waals surface area (Å²) >= 11 is 0. The summed E-state index contributed by atoms with van der Waals surface area (Å²) in [5.41, 5.74) is 2.56. The van der Waals surface area contributed by atoms with Gasteiger partial charge < -0.3 is 5.11 Å². The van der Waals surface area contributed by atoms with E-state index in [-0.39, 0.29) is 18.0 Å². The molecule has 1 fully saturated rings. The minimum atomic E-state index is -0.639. The van der Waals surface area contributed by atoms with E-state index in [1.54, 1.807) is 16.2 Å². The number of rotatable bonds is 11. The number of nitrogens with one attached hydrogen (secondary N) is 1. The Morgan fingerprint density at radius 2 is 1.67 bits per heavy atom. The van der Waals surface area contributed by atoms with Gasteiger partial charge in [0.05, 0.1) is 11.0 Å². The fraction of sp³-hybridized carbons (Fsp3) is 0.609. The van der Waals surface area contributed by atoms with Crippen LogP contribution in [0.5, 0.6) is 0 Å². The summed E-state index contributed by atoms with van der Waals surface area (Å²) in [6.07, 6.45) is 10.6. The highest BCUT2D eigenvalue weighted by molar-refractivity contribution is 6.00. The Hall–Kier alpha value is -2.41. The molecule has 2 N–H and O–H groups in total. The number of para-hydroxylation sites is 1. The number of unbranched alkanes of at least 4 members (excludes halogenated alkanes) is 7. The monoisotopic (exact) mass is 415 g/mol. The highest BCUT2D eigenvalue weighted by Gasteiger charge is 2.31. The van der Waals surface area contributed by atoms with Crippen molar-refractivity contribution in [1.29, 1.82) is 0 Å². The first kappa shape index (κ1) is 22.3. The van der Waals surface area contributed by atoms with Crippen LogP contribution in [-0.2, 0) is 23.1 Å². The topological polar surface area (TPSA) is 93.3 Å². The number of carbonyl (C=O) groups is 2. The molecular weight excluding hydrogens is 382 g/mol. The lowest BCUT2D eigenvalue weighted by Crippen LogP contribution is -2.44. The van der Waals surface area contributed by atoms with Gasteiger partial charge in [0.2, 0.25) is 11.8 Å². The number of hydrogen-bond acceptors (Lipinski definition) is 4. The van der Waals surface area contributed by atoms with Gasteiger partial charge in [0.1, 0.15) is 6.04 Å². The predicted octanol–water partition coefficient (Wildman–Crippen LogP) is 2.97. The number of carbonyl (C=O) groups excluding carboxylic acids is 2. The molecule has 2 amide bonds. The number of piperidine rings is 1. The average Bonchev–Trinajstić information content (AvgIpc) is 2.98. The van der Waals surface area contributed by atoms with Gasteiger partial charge in [0, 0.05) is 20.1 Å². The van der Waals surface area contributed by atoms with Gasteiger partial charge in [-0.15, -0.1) is 0 Å². The number of aliphatic hydroxyl groups is 1. The maximum Gasteiger partial charge on any atom is 0.329 e. The molecule has 2 heterocycles. The number of aromatic nitrogens is 2. The third-order valence-corrected chi connectivity index (χ3v) is 6.06. The van der Waals surface area contributed by atoms with Crippen LogP contribution in [0.25, 0.3) is 11.0 Å². The van der Waals surface area contributed by atoms with Crippen LogP contribution in [0.1, 0.15) is 75.8 Å². The van der Waals surface area contributed by atoms with Crippen molar-refractivity contribution in [2.24, 2.45) is 7.05 Å². The first-order valence-corrected chi connectivity index (χ1v) is 11.2. The summed E-state index contributed by atoms with van der Waals surface area (Å²) in [5.74, 6) is -0.677. The number of fused-ring (bicyclic) bond motifs is 1. The number of hydrogen-bond donors (Lipinski definition) is 2. The second-order valence-corrected chi connectivity index (χ2v) is 8.27. The van der Waals surface area contributed by atoms with Gasteiger partial charge in [0.25, 0.3) is 0 Å². The van der Waals surface area contributed by atoms with E-state index in [0.717, 1.165) is 48.7 Å². The van der Waals surface area contributed by atoms with Gasteiger partial charge in [-0.05, 0) is 37.3 Å². The molecule has 2 aromatic rings. The fourth-order valence-corrected chi connectivity index (χ4v) is 4.44. The molecule has 0 spiro atoms. The number of imidazole rings is 1. The van der Waals surface area contributed by atoms with Crippen molar-refractivity contribution in [3.05, 3.63) is 34.2 Å². The molecule has 1 aromatic carbocycles. The van der Waals surface area contributed by atoms with Crippen LogP contribution in [0, 0.1) is 0 Å². The Kier molecular flexibility index (Phi) is 7.85. The molecule has 0 aliphatic carbocycles. The number of amides is 2. The Morgan fingerprint density at radius 3 is 2.33 bits per heavy atom. The van der Waals surface area contributed by atoms with Crippen molar-refractivity contribution < 1.29 is 14.7 Å². The maximum atomic E-state index is 12.9. The number of imide groups is 1. The van der Waals surface area contributed by atoms with E-state index in [0.29, 0.717) is 13.0 Å².